The number of hydrogen-bond acceptors (Lipinski definition) is 4. The Balaban J connectivity index is 1.55. The molecule has 0 bridgehead atoms. The maximum atomic E-state index is 12.7. The lowest BCUT2D eigenvalue weighted by Crippen LogP contribution is -2.28. The average Bonchev–Trinajstić information content (AvgIpc) is 2.70. The van der Waals surface area contributed by atoms with Crippen LogP contribution in [0.1, 0.15) is 12.0 Å². The van der Waals surface area contributed by atoms with Gasteiger partial charge in [0, 0.05) is 28.4 Å². The predicted molar refractivity (Wildman–Crippen MR) is 126 cm³/mol. The fourth-order valence-electron chi connectivity index (χ4n) is 3.22. The van der Waals surface area contributed by atoms with Crippen LogP contribution >= 0.6 is 46.4 Å². The maximum absolute atomic E-state index is 12.7. The molecule has 5 nitrogen and oxygen atoms in total. The summed E-state index contributed by atoms with van der Waals surface area (Å²) in [6.07, 6.45) is 3.58. The number of alkyl halides is 1. The summed E-state index contributed by atoms with van der Waals surface area (Å²) in [5.74, 6) is 1.02. The van der Waals surface area contributed by atoms with E-state index in [1.807, 2.05) is 30.3 Å². The highest BCUT2D eigenvalue weighted by molar-refractivity contribution is 7.89. The molecule has 1 unspecified atom stereocenters. The normalized spacial score (nSPS) is 18.5. The summed E-state index contributed by atoms with van der Waals surface area (Å²) in [6.45, 7) is 0.479. The lowest BCUT2D eigenvalue weighted by Gasteiger charge is -2.26. The minimum absolute atomic E-state index is 0.0153. The van der Waals surface area contributed by atoms with Crippen molar-refractivity contribution in [2.75, 3.05) is 11.9 Å². The SMILES string of the molecule is O=S(=O)(NC1=CC(Cl)=C(OC2=Cc3ccccc3NC2)C(Cl)C1)c1ccc(Cl)cc1Cl. The summed E-state index contributed by atoms with van der Waals surface area (Å²) in [6, 6.07) is 12.0. The molecule has 2 N–H and O–H groups in total. The lowest BCUT2D eigenvalue weighted by molar-refractivity contribution is 0.290. The monoisotopic (exact) mass is 516 g/mol. The van der Waals surface area contributed by atoms with Crippen LogP contribution in [0.3, 0.4) is 0 Å². The van der Waals surface area contributed by atoms with Gasteiger partial charge >= 0.3 is 0 Å². The van der Waals surface area contributed by atoms with Gasteiger partial charge in [-0.2, -0.15) is 0 Å². The van der Waals surface area contributed by atoms with Crippen molar-refractivity contribution in [3.63, 3.8) is 0 Å². The molecule has 4 rings (SSSR count). The van der Waals surface area contributed by atoms with E-state index in [0.717, 1.165) is 11.3 Å². The smallest absolute Gasteiger partial charge is 0.263 e. The van der Waals surface area contributed by atoms with Crippen molar-refractivity contribution in [2.24, 2.45) is 0 Å². The number of sulfonamides is 1. The van der Waals surface area contributed by atoms with Gasteiger partial charge in [0.2, 0.25) is 0 Å². The summed E-state index contributed by atoms with van der Waals surface area (Å²) < 4.78 is 33.9. The van der Waals surface area contributed by atoms with Crippen LogP contribution in [0.2, 0.25) is 10.0 Å². The third kappa shape index (κ3) is 4.99. The van der Waals surface area contributed by atoms with Crippen molar-refractivity contribution in [1.82, 2.24) is 4.72 Å². The molecule has 31 heavy (non-hydrogen) atoms. The van der Waals surface area contributed by atoms with E-state index in [4.69, 9.17) is 51.1 Å². The van der Waals surface area contributed by atoms with E-state index < -0.39 is 15.4 Å². The third-order valence-electron chi connectivity index (χ3n) is 4.64. The highest BCUT2D eigenvalue weighted by Gasteiger charge is 2.28. The molecule has 0 fully saturated rings. The van der Waals surface area contributed by atoms with E-state index in [2.05, 4.69) is 10.0 Å². The van der Waals surface area contributed by atoms with Gasteiger partial charge < -0.3 is 10.1 Å². The number of anilines is 1. The first-order chi connectivity index (χ1) is 14.7. The molecule has 0 radical (unpaired) electrons. The zero-order chi connectivity index (χ0) is 22.2. The molecule has 0 saturated carbocycles. The zero-order valence-corrected chi connectivity index (χ0v) is 19.7. The van der Waals surface area contributed by atoms with Crippen molar-refractivity contribution >= 4 is 68.2 Å². The van der Waals surface area contributed by atoms with Crippen molar-refractivity contribution in [3.8, 4) is 0 Å². The quantitative estimate of drug-likeness (QED) is 0.470. The highest BCUT2D eigenvalue weighted by atomic mass is 35.5. The minimum atomic E-state index is -3.94. The third-order valence-corrected chi connectivity index (χ3v) is 7.41. The zero-order valence-electron chi connectivity index (χ0n) is 15.8. The summed E-state index contributed by atoms with van der Waals surface area (Å²) in [7, 11) is -3.94. The number of nitrogens with one attached hydrogen (secondary N) is 2. The molecule has 0 aromatic heterocycles. The number of fused-ring (bicyclic) bond motifs is 1. The van der Waals surface area contributed by atoms with E-state index in [1.54, 1.807) is 0 Å². The van der Waals surface area contributed by atoms with Crippen LogP contribution < -0.4 is 10.0 Å². The second-order valence-corrected chi connectivity index (χ2v) is 10.3. The molecule has 1 aliphatic carbocycles. The molecule has 1 atom stereocenters. The van der Waals surface area contributed by atoms with Crippen molar-refractivity contribution in [1.29, 1.82) is 0 Å². The number of halogens is 4. The van der Waals surface area contributed by atoms with Crippen molar-refractivity contribution in [2.45, 2.75) is 16.7 Å². The molecule has 2 aromatic carbocycles. The molecule has 2 aromatic rings. The van der Waals surface area contributed by atoms with E-state index in [9.17, 15) is 8.42 Å². The largest absolute Gasteiger partial charge is 0.461 e. The number of rotatable bonds is 5. The molecule has 10 heteroatoms. The molecule has 0 amide bonds. The maximum Gasteiger partial charge on any atom is 0.263 e. The second-order valence-electron chi connectivity index (χ2n) is 6.89. The van der Waals surface area contributed by atoms with Gasteiger partial charge in [-0.15, -0.1) is 11.6 Å². The van der Waals surface area contributed by atoms with Crippen LogP contribution in [-0.2, 0) is 14.8 Å². The van der Waals surface area contributed by atoms with Gasteiger partial charge in [-0.1, -0.05) is 53.0 Å². The van der Waals surface area contributed by atoms with E-state index in [0.29, 0.717) is 28.8 Å². The van der Waals surface area contributed by atoms with Crippen LogP contribution in [0.15, 0.2) is 75.7 Å². The van der Waals surface area contributed by atoms with Crippen molar-refractivity contribution in [3.05, 3.63) is 86.4 Å². The van der Waals surface area contributed by atoms with Crippen LogP contribution in [-0.4, -0.2) is 20.3 Å². The van der Waals surface area contributed by atoms with Crippen LogP contribution in [0.4, 0.5) is 5.69 Å². The van der Waals surface area contributed by atoms with Gasteiger partial charge in [0.05, 0.1) is 22.0 Å². The molecular formula is C21H16Cl4N2O3S. The first-order valence-corrected chi connectivity index (χ1v) is 12.2. The Morgan fingerprint density at radius 1 is 1.06 bits per heavy atom. The average molecular weight is 518 g/mol. The fourth-order valence-corrected chi connectivity index (χ4v) is 5.78. The predicted octanol–water partition coefficient (Wildman–Crippen LogP) is 6.10. The topological polar surface area (TPSA) is 67.4 Å². The number of ether oxygens (including phenoxy) is 1. The van der Waals surface area contributed by atoms with Gasteiger partial charge in [0.25, 0.3) is 10.0 Å². The number of hydrogen-bond donors (Lipinski definition) is 2. The van der Waals surface area contributed by atoms with E-state index in [1.165, 1.54) is 24.3 Å². The van der Waals surface area contributed by atoms with Crippen molar-refractivity contribution < 1.29 is 13.2 Å². The molecule has 162 valence electrons. The molecule has 1 heterocycles. The standard InChI is InChI=1S/C21H16Cl4N2O3S/c22-13-5-6-20(16(23)8-13)31(28,29)27-14-9-17(24)21(18(25)10-14)30-15-7-12-3-1-2-4-19(12)26-11-15/h1-9,18,26-27H,10-11H2. The van der Waals surface area contributed by atoms with Crippen LogP contribution in [0, 0.1) is 0 Å². The molecule has 0 saturated heterocycles. The van der Waals surface area contributed by atoms with Crippen LogP contribution in [0.5, 0.6) is 0 Å². The number of para-hydroxylation sites is 1. The molecule has 2 aliphatic rings. The fraction of sp³-hybridized carbons (Fsp3) is 0.143. The summed E-state index contributed by atoms with van der Waals surface area (Å²) in [5.41, 5.74) is 2.33. The molecule has 1 aliphatic heterocycles. The van der Waals surface area contributed by atoms with Gasteiger partial charge in [0.15, 0.2) is 0 Å². The Bertz CT molecular complexity index is 1240. The van der Waals surface area contributed by atoms with E-state index in [-0.39, 0.29) is 21.4 Å². The first kappa shape index (κ1) is 22.4. The number of allylic oxidation sites excluding steroid dienone is 4. The summed E-state index contributed by atoms with van der Waals surface area (Å²) >= 11 is 24.8. The van der Waals surface area contributed by atoms with Gasteiger partial charge in [0.1, 0.15) is 16.4 Å². The van der Waals surface area contributed by atoms with Gasteiger partial charge in [-0.3, -0.25) is 4.72 Å². The highest BCUT2D eigenvalue weighted by Crippen LogP contribution is 2.35. The minimum Gasteiger partial charge on any atom is -0.461 e. The first-order valence-electron chi connectivity index (χ1n) is 9.16. The Morgan fingerprint density at radius 3 is 2.58 bits per heavy atom. The number of benzene rings is 2. The van der Waals surface area contributed by atoms with Crippen LogP contribution in [0.25, 0.3) is 6.08 Å². The summed E-state index contributed by atoms with van der Waals surface area (Å²) in [4.78, 5) is -0.0927. The Labute approximate surface area is 200 Å². The molecule has 0 spiro atoms. The van der Waals surface area contributed by atoms with Gasteiger partial charge in [-0.05, 0) is 36.4 Å². The Morgan fingerprint density at radius 2 is 1.84 bits per heavy atom. The second kappa shape index (κ2) is 8.96. The molecular weight excluding hydrogens is 502 g/mol. The van der Waals surface area contributed by atoms with E-state index >= 15 is 0 Å². The van der Waals surface area contributed by atoms with Gasteiger partial charge in [-0.25, -0.2) is 8.42 Å². The Kier molecular flexibility index (Phi) is 6.47. The Hall–Kier alpha value is -1.83. The lowest BCUT2D eigenvalue weighted by atomic mass is 10.1. The summed E-state index contributed by atoms with van der Waals surface area (Å²) in [5, 5.41) is 3.18.